The maximum absolute atomic E-state index is 12.8. The van der Waals surface area contributed by atoms with Gasteiger partial charge in [0.1, 0.15) is 16.4 Å². The largest absolute Gasteiger partial charge is 0.465 e. The first-order chi connectivity index (χ1) is 12.4. The van der Waals surface area contributed by atoms with Gasteiger partial charge in [-0.15, -0.1) is 0 Å². The van der Waals surface area contributed by atoms with Gasteiger partial charge in [-0.3, -0.25) is 4.72 Å². The number of piperidine rings is 1. The molecule has 1 aliphatic rings. The van der Waals surface area contributed by atoms with Crippen LogP contribution >= 0.6 is 0 Å². The molecule has 0 atom stereocenters. The Morgan fingerprint density at radius 3 is 2.54 bits per heavy atom. The third-order valence-electron chi connectivity index (χ3n) is 4.62. The molecule has 3 rings (SSSR count). The zero-order valence-electron chi connectivity index (χ0n) is 15.5. The lowest BCUT2D eigenvalue weighted by molar-refractivity contribution is 0.0459. The number of aryl methyl sites for hydroxylation is 2. The Bertz CT molecular complexity index is 852. The number of anilines is 2. The van der Waals surface area contributed by atoms with Crippen molar-refractivity contribution in [1.29, 1.82) is 0 Å². The van der Waals surface area contributed by atoms with E-state index in [0.29, 0.717) is 17.2 Å². The van der Waals surface area contributed by atoms with Crippen LogP contribution in [0, 0.1) is 13.8 Å². The van der Waals surface area contributed by atoms with Crippen molar-refractivity contribution in [2.45, 2.75) is 44.6 Å². The molecule has 7 heteroatoms. The predicted octanol–water partition coefficient (Wildman–Crippen LogP) is 3.70. The minimum Gasteiger partial charge on any atom is -0.465 e. The average Bonchev–Trinajstić information content (AvgIpc) is 2.96. The van der Waals surface area contributed by atoms with Gasteiger partial charge in [0.25, 0.3) is 10.0 Å². The van der Waals surface area contributed by atoms with Crippen molar-refractivity contribution >= 4 is 21.4 Å². The Balaban J connectivity index is 1.81. The number of furan rings is 1. The Labute approximate surface area is 155 Å². The van der Waals surface area contributed by atoms with E-state index < -0.39 is 10.0 Å². The molecule has 1 aromatic heterocycles. The van der Waals surface area contributed by atoms with E-state index in [1.54, 1.807) is 26.0 Å². The van der Waals surface area contributed by atoms with Gasteiger partial charge in [-0.25, -0.2) is 8.42 Å². The summed E-state index contributed by atoms with van der Waals surface area (Å²) >= 11 is 0. The van der Waals surface area contributed by atoms with Gasteiger partial charge in [-0.2, -0.15) is 0 Å². The predicted molar refractivity (Wildman–Crippen MR) is 102 cm³/mol. The molecule has 1 aromatic carbocycles. The lowest BCUT2D eigenvalue weighted by atomic mass is 10.1. The van der Waals surface area contributed by atoms with Gasteiger partial charge in [0, 0.05) is 25.8 Å². The summed E-state index contributed by atoms with van der Waals surface area (Å²) in [6.45, 7) is 7.81. The van der Waals surface area contributed by atoms with Gasteiger partial charge < -0.3 is 14.1 Å². The summed E-state index contributed by atoms with van der Waals surface area (Å²) < 4.78 is 39.4. The number of nitrogens with zero attached hydrogens (tertiary/aromatic N) is 1. The van der Waals surface area contributed by atoms with Crippen LogP contribution in [0.25, 0.3) is 0 Å². The van der Waals surface area contributed by atoms with Crippen molar-refractivity contribution in [1.82, 2.24) is 0 Å². The van der Waals surface area contributed by atoms with Gasteiger partial charge in [0.2, 0.25) is 0 Å². The molecule has 1 N–H and O–H groups in total. The van der Waals surface area contributed by atoms with E-state index in [1.165, 1.54) is 0 Å². The van der Waals surface area contributed by atoms with Crippen molar-refractivity contribution in [3.63, 3.8) is 0 Å². The first-order valence-electron chi connectivity index (χ1n) is 8.96. The van der Waals surface area contributed by atoms with Crippen molar-refractivity contribution in [2.75, 3.05) is 29.3 Å². The van der Waals surface area contributed by atoms with E-state index in [0.717, 1.165) is 38.2 Å². The summed E-state index contributed by atoms with van der Waals surface area (Å²) in [5, 5.41) is 0. The summed E-state index contributed by atoms with van der Waals surface area (Å²) in [5.41, 5.74) is 1.48. The second-order valence-electron chi connectivity index (χ2n) is 6.54. The van der Waals surface area contributed by atoms with Crippen LogP contribution in [0.1, 0.15) is 31.3 Å². The van der Waals surface area contributed by atoms with E-state index >= 15 is 0 Å². The Morgan fingerprint density at radius 1 is 1.23 bits per heavy atom. The molecule has 2 aromatic rings. The summed E-state index contributed by atoms with van der Waals surface area (Å²) in [6.07, 6.45) is 2.17. The molecule has 0 spiro atoms. The van der Waals surface area contributed by atoms with Crippen LogP contribution in [0.5, 0.6) is 0 Å². The topological polar surface area (TPSA) is 71.8 Å². The lowest BCUT2D eigenvalue weighted by Crippen LogP contribution is -2.37. The van der Waals surface area contributed by atoms with Crippen LogP contribution in [0.15, 0.2) is 39.6 Å². The highest BCUT2D eigenvalue weighted by molar-refractivity contribution is 7.92. The molecule has 0 radical (unpaired) electrons. The molecule has 0 aliphatic carbocycles. The molecule has 26 heavy (non-hydrogen) atoms. The molecule has 0 amide bonds. The summed E-state index contributed by atoms with van der Waals surface area (Å²) in [7, 11) is -3.70. The number of para-hydroxylation sites is 2. The van der Waals surface area contributed by atoms with Crippen LogP contribution in [-0.2, 0) is 14.8 Å². The Kier molecular flexibility index (Phi) is 5.58. The standard InChI is InChI=1S/C19H26N2O4S/c1-4-24-16-9-11-21(12-10-16)18-8-6-5-7-17(18)20-26(22,23)19-13-14(2)25-15(19)3/h5-8,13,16,20H,4,9-12H2,1-3H3. The molecular formula is C19H26N2O4S. The molecule has 142 valence electrons. The summed E-state index contributed by atoms with van der Waals surface area (Å²) in [4.78, 5) is 2.39. The molecule has 2 heterocycles. The van der Waals surface area contributed by atoms with E-state index in [-0.39, 0.29) is 11.0 Å². The van der Waals surface area contributed by atoms with Crippen LogP contribution in [0.2, 0.25) is 0 Å². The third kappa shape index (κ3) is 4.04. The third-order valence-corrected chi connectivity index (χ3v) is 6.09. The second-order valence-corrected chi connectivity index (χ2v) is 8.19. The van der Waals surface area contributed by atoms with Crippen molar-refractivity contribution < 1.29 is 17.6 Å². The molecule has 6 nitrogen and oxygen atoms in total. The maximum Gasteiger partial charge on any atom is 0.265 e. The maximum atomic E-state index is 12.8. The fourth-order valence-corrected chi connectivity index (χ4v) is 4.72. The van der Waals surface area contributed by atoms with Crippen molar-refractivity contribution in [3.05, 3.63) is 41.9 Å². The highest BCUT2D eigenvalue weighted by atomic mass is 32.2. The van der Waals surface area contributed by atoms with Crippen molar-refractivity contribution in [2.24, 2.45) is 0 Å². The number of hydrogen-bond acceptors (Lipinski definition) is 5. The minimum atomic E-state index is -3.70. The molecule has 1 fully saturated rings. The van der Waals surface area contributed by atoms with E-state index in [1.807, 2.05) is 25.1 Å². The number of ether oxygens (including phenoxy) is 1. The fraction of sp³-hybridized carbons (Fsp3) is 0.474. The van der Waals surface area contributed by atoms with Gasteiger partial charge in [-0.1, -0.05) is 12.1 Å². The number of hydrogen-bond donors (Lipinski definition) is 1. The highest BCUT2D eigenvalue weighted by Gasteiger charge is 2.25. The van der Waals surface area contributed by atoms with Crippen LogP contribution in [0.3, 0.4) is 0 Å². The van der Waals surface area contributed by atoms with E-state index in [9.17, 15) is 8.42 Å². The first-order valence-corrected chi connectivity index (χ1v) is 10.4. The molecule has 1 saturated heterocycles. The monoisotopic (exact) mass is 378 g/mol. The Morgan fingerprint density at radius 2 is 1.92 bits per heavy atom. The molecule has 0 bridgehead atoms. The number of nitrogens with one attached hydrogen (secondary N) is 1. The summed E-state index contributed by atoms with van der Waals surface area (Å²) in [5.74, 6) is 0.971. The van der Waals surface area contributed by atoms with E-state index in [4.69, 9.17) is 9.15 Å². The molecular weight excluding hydrogens is 352 g/mol. The first kappa shape index (κ1) is 18.8. The highest BCUT2D eigenvalue weighted by Crippen LogP contribution is 2.31. The fourth-order valence-electron chi connectivity index (χ4n) is 3.41. The van der Waals surface area contributed by atoms with Gasteiger partial charge in [0.05, 0.1) is 17.5 Å². The number of rotatable bonds is 6. The van der Waals surface area contributed by atoms with Crippen molar-refractivity contribution in [3.8, 4) is 0 Å². The van der Waals surface area contributed by atoms with Crippen LogP contribution in [-0.4, -0.2) is 34.2 Å². The van der Waals surface area contributed by atoms with E-state index in [2.05, 4.69) is 9.62 Å². The zero-order chi connectivity index (χ0) is 18.7. The van der Waals surface area contributed by atoms with Crippen LogP contribution < -0.4 is 9.62 Å². The molecule has 0 saturated carbocycles. The smallest absolute Gasteiger partial charge is 0.265 e. The molecule has 0 unspecified atom stereocenters. The number of sulfonamides is 1. The summed E-state index contributed by atoms with van der Waals surface area (Å²) in [6, 6.07) is 9.06. The minimum absolute atomic E-state index is 0.180. The Hall–Kier alpha value is -1.99. The van der Waals surface area contributed by atoms with Crippen LogP contribution in [0.4, 0.5) is 11.4 Å². The van der Waals surface area contributed by atoms with Gasteiger partial charge in [-0.05, 0) is 45.7 Å². The average molecular weight is 378 g/mol. The lowest BCUT2D eigenvalue weighted by Gasteiger charge is -2.34. The van der Waals surface area contributed by atoms with Gasteiger partial charge in [0.15, 0.2) is 0 Å². The quantitative estimate of drug-likeness (QED) is 0.830. The number of benzene rings is 1. The van der Waals surface area contributed by atoms with Gasteiger partial charge >= 0.3 is 0 Å². The normalized spacial score (nSPS) is 16.0. The molecule has 1 aliphatic heterocycles. The zero-order valence-corrected chi connectivity index (χ0v) is 16.3. The second kappa shape index (κ2) is 7.72. The SMILES string of the molecule is CCOC1CCN(c2ccccc2NS(=O)(=O)c2cc(C)oc2C)CC1.